The quantitative estimate of drug-likeness (QED) is 0.386. The number of aromatic nitrogens is 2. The molecule has 1 saturated heterocycles. The van der Waals surface area contributed by atoms with Gasteiger partial charge in [0.05, 0.1) is 5.69 Å². The molecule has 1 aliphatic rings. The van der Waals surface area contributed by atoms with Gasteiger partial charge in [-0.2, -0.15) is 0 Å². The maximum atomic E-state index is 4.92. The summed E-state index contributed by atoms with van der Waals surface area (Å²) in [7, 11) is 0. The fraction of sp³-hybridized carbons (Fsp3) is 0.526. The van der Waals surface area contributed by atoms with E-state index in [1.165, 1.54) is 11.1 Å². The smallest absolute Gasteiger partial charge is 0.194 e. The van der Waals surface area contributed by atoms with Crippen molar-refractivity contribution in [3.8, 4) is 0 Å². The lowest BCUT2D eigenvalue weighted by molar-refractivity contribution is 0.169. The van der Waals surface area contributed by atoms with Crippen molar-refractivity contribution in [3.05, 3.63) is 47.6 Å². The van der Waals surface area contributed by atoms with E-state index in [1.54, 1.807) is 6.26 Å². The SMILES string of the molecule is CCNC(=NCCc1ccncc1C)N1CCN(Cc2ccon2)CC1.I. The van der Waals surface area contributed by atoms with Crippen molar-refractivity contribution in [2.75, 3.05) is 39.3 Å². The molecule has 0 bridgehead atoms. The van der Waals surface area contributed by atoms with Crippen molar-refractivity contribution in [3.63, 3.8) is 0 Å². The number of aliphatic imine (C=N–C) groups is 1. The molecule has 1 fully saturated rings. The van der Waals surface area contributed by atoms with Crippen LogP contribution in [0.3, 0.4) is 0 Å². The first kappa shape index (κ1) is 21.6. The number of piperazine rings is 1. The van der Waals surface area contributed by atoms with Crippen LogP contribution in [0.5, 0.6) is 0 Å². The van der Waals surface area contributed by atoms with E-state index in [2.05, 4.69) is 45.2 Å². The molecule has 148 valence electrons. The summed E-state index contributed by atoms with van der Waals surface area (Å²) in [4.78, 5) is 13.7. The lowest BCUT2D eigenvalue weighted by Crippen LogP contribution is -2.52. The van der Waals surface area contributed by atoms with E-state index in [0.29, 0.717) is 0 Å². The second kappa shape index (κ2) is 11.2. The van der Waals surface area contributed by atoms with E-state index in [1.807, 2.05) is 18.5 Å². The predicted molar refractivity (Wildman–Crippen MR) is 117 cm³/mol. The minimum absolute atomic E-state index is 0. The molecule has 0 radical (unpaired) electrons. The first-order chi connectivity index (χ1) is 12.8. The zero-order chi connectivity index (χ0) is 18.2. The van der Waals surface area contributed by atoms with Crippen molar-refractivity contribution < 1.29 is 4.52 Å². The summed E-state index contributed by atoms with van der Waals surface area (Å²) in [5.74, 6) is 1.01. The molecule has 0 aromatic carbocycles. The Bertz CT molecular complexity index is 698. The minimum Gasteiger partial charge on any atom is -0.364 e. The lowest BCUT2D eigenvalue weighted by Gasteiger charge is -2.36. The molecule has 2 aromatic heterocycles. The van der Waals surface area contributed by atoms with Gasteiger partial charge < -0.3 is 14.7 Å². The Kier molecular flexibility index (Phi) is 8.99. The van der Waals surface area contributed by atoms with Crippen LogP contribution in [0.15, 0.2) is 40.3 Å². The molecule has 0 amide bonds. The summed E-state index contributed by atoms with van der Waals surface area (Å²) < 4.78 is 4.92. The first-order valence-electron chi connectivity index (χ1n) is 9.30. The number of hydrogen-bond donors (Lipinski definition) is 1. The fourth-order valence-electron chi connectivity index (χ4n) is 3.16. The third-order valence-corrected chi connectivity index (χ3v) is 4.66. The molecule has 0 atom stereocenters. The zero-order valence-electron chi connectivity index (χ0n) is 16.1. The summed E-state index contributed by atoms with van der Waals surface area (Å²) in [6.07, 6.45) is 6.34. The number of hydrogen-bond acceptors (Lipinski definition) is 5. The van der Waals surface area contributed by atoms with Gasteiger partial charge in [-0.25, -0.2) is 0 Å². The third kappa shape index (κ3) is 6.46. The van der Waals surface area contributed by atoms with Crippen molar-refractivity contribution in [1.29, 1.82) is 0 Å². The fourth-order valence-corrected chi connectivity index (χ4v) is 3.16. The molecule has 0 saturated carbocycles. The van der Waals surface area contributed by atoms with Gasteiger partial charge in [-0.1, -0.05) is 5.16 Å². The van der Waals surface area contributed by atoms with E-state index < -0.39 is 0 Å². The van der Waals surface area contributed by atoms with Crippen LogP contribution in [0.4, 0.5) is 0 Å². The van der Waals surface area contributed by atoms with Gasteiger partial charge in [0.1, 0.15) is 6.26 Å². The Morgan fingerprint density at radius 2 is 2.07 bits per heavy atom. The highest BCUT2D eigenvalue weighted by Crippen LogP contribution is 2.09. The van der Waals surface area contributed by atoms with Crippen molar-refractivity contribution in [2.24, 2.45) is 4.99 Å². The van der Waals surface area contributed by atoms with Crippen LogP contribution in [-0.4, -0.2) is 65.2 Å². The van der Waals surface area contributed by atoms with Gasteiger partial charge in [0, 0.05) is 64.3 Å². The van der Waals surface area contributed by atoms with Gasteiger partial charge in [0.2, 0.25) is 0 Å². The zero-order valence-corrected chi connectivity index (χ0v) is 18.4. The number of halogens is 1. The van der Waals surface area contributed by atoms with E-state index in [0.717, 1.165) is 63.9 Å². The van der Waals surface area contributed by atoms with Crippen LogP contribution < -0.4 is 5.32 Å². The molecule has 0 spiro atoms. The maximum Gasteiger partial charge on any atom is 0.194 e. The van der Waals surface area contributed by atoms with Crippen LogP contribution in [-0.2, 0) is 13.0 Å². The summed E-state index contributed by atoms with van der Waals surface area (Å²) in [5, 5.41) is 7.43. The third-order valence-electron chi connectivity index (χ3n) is 4.66. The van der Waals surface area contributed by atoms with E-state index in [4.69, 9.17) is 9.52 Å². The van der Waals surface area contributed by atoms with Gasteiger partial charge in [0.15, 0.2) is 5.96 Å². The molecule has 3 rings (SSSR count). The second-order valence-electron chi connectivity index (χ2n) is 6.54. The average molecular weight is 484 g/mol. The van der Waals surface area contributed by atoms with Crippen LogP contribution in [0.25, 0.3) is 0 Å². The van der Waals surface area contributed by atoms with Crippen LogP contribution >= 0.6 is 24.0 Å². The number of nitrogens with one attached hydrogen (secondary N) is 1. The second-order valence-corrected chi connectivity index (χ2v) is 6.54. The Labute approximate surface area is 178 Å². The maximum absolute atomic E-state index is 4.92. The molecule has 0 aliphatic carbocycles. The number of nitrogens with zero attached hydrogens (tertiary/aromatic N) is 5. The van der Waals surface area contributed by atoms with Crippen molar-refractivity contribution in [1.82, 2.24) is 25.3 Å². The van der Waals surface area contributed by atoms with Crippen LogP contribution in [0.1, 0.15) is 23.7 Å². The summed E-state index contributed by atoms with van der Waals surface area (Å²) in [6, 6.07) is 4.01. The van der Waals surface area contributed by atoms with Gasteiger partial charge in [-0.15, -0.1) is 24.0 Å². The van der Waals surface area contributed by atoms with Gasteiger partial charge >= 0.3 is 0 Å². The minimum atomic E-state index is 0. The summed E-state index contributed by atoms with van der Waals surface area (Å²) in [5.41, 5.74) is 3.54. The molecule has 7 nitrogen and oxygen atoms in total. The Morgan fingerprint density at radius 3 is 2.74 bits per heavy atom. The van der Waals surface area contributed by atoms with Crippen molar-refractivity contribution in [2.45, 2.75) is 26.8 Å². The number of pyridine rings is 1. The highest BCUT2D eigenvalue weighted by Gasteiger charge is 2.20. The molecule has 1 N–H and O–H groups in total. The van der Waals surface area contributed by atoms with Crippen LogP contribution in [0.2, 0.25) is 0 Å². The first-order valence-corrected chi connectivity index (χ1v) is 9.30. The normalized spacial score (nSPS) is 15.5. The molecular formula is C19H29IN6O. The predicted octanol–water partition coefficient (Wildman–Crippen LogP) is 2.32. The average Bonchev–Trinajstić information content (AvgIpc) is 3.16. The monoisotopic (exact) mass is 484 g/mol. The standard InChI is InChI=1S/C19H28N6O.HI/c1-3-21-19(22-8-5-17-4-7-20-14-16(17)2)25-11-9-24(10-12-25)15-18-6-13-26-23-18;/h4,6-7,13-14H,3,5,8-12,15H2,1-2H3,(H,21,22);1H. The van der Waals surface area contributed by atoms with E-state index in [-0.39, 0.29) is 24.0 Å². The number of rotatable bonds is 6. The highest BCUT2D eigenvalue weighted by molar-refractivity contribution is 14.0. The summed E-state index contributed by atoms with van der Waals surface area (Å²) in [6.45, 7) is 10.7. The topological polar surface area (TPSA) is 69.8 Å². The van der Waals surface area contributed by atoms with Crippen LogP contribution in [0, 0.1) is 6.92 Å². The lowest BCUT2D eigenvalue weighted by atomic mass is 10.1. The molecule has 3 heterocycles. The van der Waals surface area contributed by atoms with E-state index in [9.17, 15) is 0 Å². The van der Waals surface area contributed by atoms with Gasteiger partial charge in [-0.3, -0.25) is 14.9 Å². The Balaban J connectivity index is 0.00000261. The molecule has 27 heavy (non-hydrogen) atoms. The molecule has 2 aromatic rings. The molecule has 1 aliphatic heterocycles. The van der Waals surface area contributed by atoms with Gasteiger partial charge in [-0.05, 0) is 37.5 Å². The highest BCUT2D eigenvalue weighted by atomic mass is 127. The van der Waals surface area contributed by atoms with Crippen molar-refractivity contribution >= 4 is 29.9 Å². The summed E-state index contributed by atoms with van der Waals surface area (Å²) >= 11 is 0. The Morgan fingerprint density at radius 1 is 1.26 bits per heavy atom. The molecule has 0 unspecified atom stereocenters. The Hall–Kier alpha value is -1.68. The largest absolute Gasteiger partial charge is 0.364 e. The number of guanidine groups is 1. The van der Waals surface area contributed by atoms with E-state index >= 15 is 0 Å². The number of aryl methyl sites for hydroxylation is 1. The molecule has 8 heteroatoms. The van der Waals surface area contributed by atoms with Gasteiger partial charge in [0.25, 0.3) is 0 Å². The molecular weight excluding hydrogens is 455 g/mol.